The Morgan fingerprint density at radius 2 is 1.82 bits per heavy atom. The first-order valence-electron chi connectivity index (χ1n) is 6.11. The van der Waals surface area contributed by atoms with Gasteiger partial charge in [-0.1, -0.05) is 29.8 Å². The highest BCUT2D eigenvalue weighted by atomic mass is 16.4. The minimum atomic E-state index is -0.719. The maximum atomic E-state index is 11.6. The molecular weight excluding hydrogens is 214 g/mol. The molecule has 1 aliphatic rings. The minimum Gasteiger partial charge on any atom is -0.481 e. The van der Waals surface area contributed by atoms with Crippen LogP contribution >= 0.6 is 0 Å². The van der Waals surface area contributed by atoms with E-state index in [0.717, 1.165) is 24.0 Å². The Labute approximate surface area is 102 Å². The van der Waals surface area contributed by atoms with Crippen LogP contribution in [0.3, 0.4) is 0 Å². The lowest BCUT2D eigenvalue weighted by Gasteiger charge is -2.36. The number of hydrogen-bond donors (Lipinski definition) is 2. The lowest BCUT2D eigenvalue weighted by atomic mass is 9.68. The summed E-state index contributed by atoms with van der Waals surface area (Å²) in [7, 11) is 0. The summed E-state index contributed by atoms with van der Waals surface area (Å²) in [6.07, 6.45) is 2.87. The monoisotopic (exact) mass is 233 g/mol. The molecule has 0 saturated heterocycles. The molecule has 0 bridgehead atoms. The van der Waals surface area contributed by atoms with Gasteiger partial charge >= 0.3 is 5.97 Å². The van der Waals surface area contributed by atoms with E-state index in [1.165, 1.54) is 0 Å². The molecule has 1 fully saturated rings. The van der Waals surface area contributed by atoms with Gasteiger partial charge in [-0.05, 0) is 38.2 Å². The van der Waals surface area contributed by atoms with Gasteiger partial charge in [-0.25, -0.2) is 0 Å². The summed E-state index contributed by atoms with van der Waals surface area (Å²) < 4.78 is 0. The first kappa shape index (κ1) is 12.1. The van der Waals surface area contributed by atoms with Crippen molar-refractivity contribution in [2.24, 2.45) is 5.73 Å². The van der Waals surface area contributed by atoms with Crippen molar-refractivity contribution in [2.75, 3.05) is 0 Å². The SMILES string of the molecule is Cc1ccc(C2(C(=O)O)CCC(N)CC2)cc1. The molecule has 17 heavy (non-hydrogen) atoms. The number of carboxylic acid groups (broad SMARTS) is 1. The van der Waals surface area contributed by atoms with Crippen LogP contribution < -0.4 is 5.73 Å². The molecular formula is C14H19NO2. The number of aryl methyl sites for hydroxylation is 1. The number of rotatable bonds is 2. The predicted octanol–water partition coefficient (Wildman–Crippen LogP) is 2.22. The number of benzene rings is 1. The molecule has 0 amide bonds. The van der Waals surface area contributed by atoms with E-state index in [9.17, 15) is 9.90 Å². The molecule has 2 rings (SSSR count). The smallest absolute Gasteiger partial charge is 0.314 e. The Bertz CT molecular complexity index is 403. The average Bonchev–Trinajstić information content (AvgIpc) is 2.31. The number of nitrogens with two attached hydrogens (primary N) is 1. The Morgan fingerprint density at radius 3 is 2.29 bits per heavy atom. The van der Waals surface area contributed by atoms with Crippen LogP contribution in [0.2, 0.25) is 0 Å². The van der Waals surface area contributed by atoms with E-state index < -0.39 is 11.4 Å². The third-order valence-corrected chi connectivity index (χ3v) is 3.90. The van der Waals surface area contributed by atoms with Gasteiger partial charge in [0.25, 0.3) is 0 Å². The molecule has 3 N–H and O–H groups in total. The summed E-state index contributed by atoms with van der Waals surface area (Å²) in [5.74, 6) is -0.715. The fourth-order valence-corrected chi connectivity index (χ4v) is 2.63. The van der Waals surface area contributed by atoms with Crippen LogP contribution in [0.25, 0.3) is 0 Å². The molecule has 1 aromatic rings. The highest BCUT2D eigenvalue weighted by Gasteiger charge is 2.42. The average molecular weight is 233 g/mol. The molecule has 3 heteroatoms. The first-order valence-corrected chi connectivity index (χ1v) is 6.11. The van der Waals surface area contributed by atoms with E-state index >= 15 is 0 Å². The zero-order valence-corrected chi connectivity index (χ0v) is 10.1. The minimum absolute atomic E-state index is 0.160. The molecule has 0 atom stereocenters. The van der Waals surface area contributed by atoms with Gasteiger partial charge < -0.3 is 10.8 Å². The van der Waals surface area contributed by atoms with Gasteiger partial charge in [0, 0.05) is 6.04 Å². The number of hydrogen-bond acceptors (Lipinski definition) is 2. The zero-order valence-electron chi connectivity index (χ0n) is 10.1. The summed E-state index contributed by atoms with van der Waals surface area (Å²) >= 11 is 0. The molecule has 0 spiro atoms. The Hall–Kier alpha value is -1.35. The van der Waals surface area contributed by atoms with Crippen LogP contribution in [0.1, 0.15) is 36.8 Å². The number of aliphatic carboxylic acids is 1. The van der Waals surface area contributed by atoms with E-state index in [2.05, 4.69) is 0 Å². The highest BCUT2D eigenvalue weighted by Crippen LogP contribution is 2.39. The van der Waals surface area contributed by atoms with E-state index in [1.807, 2.05) is 31.2 Å². The van der Waals surface area contributed by atoms with Gasteiger partial charge in [0.2, 0.25) is 0 Å². The third-order valence-electron chi connectivity index (χ3n) is 3.90. The molecule has 92 valence electrons. The maximum absolute atomic E-state index is 11.6. The van der Waals surface area contributed by atoms with Crippen molar-refractivity contribution >= 4 is 5.97 Å². The summed E-state index contributed by atoms with van der Waals surface area (Å²) in [6, 6.07) is 8.01. The van der Waals surface area contributed by atoms with Crippen molar-refractivity contribution < 1.29 is 9.90 Å². The second-order valence-electron chi connectivity index (χ2n) is 5.09. The summed E-state index contributed by atoms with van der Waals surface area (Å²) in [6.45, 7) is 2.01. The largest absolute Gasteiger partial charge is 0.481 e. The molecule has 0 unspecified atom stereocenters. The summed E-state index contributed by atoms with van der Waals surface area (Å²) in [5, 5.41) is 9.56. The van der Waals surface area contributed by atoms with Crippen molar-refractivity contribution in [3.63, 3.8) is 0 Å². The molecule has 0 heterocycles. The quantitative estimate of drug-likeness (QED) is 0.823. The first-order chi connectivity index (χ1) is 8.04. The van der Waals surface area contributed by atoms with Crippen molar-refractivity contribution in [1.82, 2.24) is 0 Å². The van der Waals surface area contributed by atoms with Gasteiger partial charge in [-0.15, -0.1) is 0 Å². The standard InChI is InChI=1S/C14H19NO2/c1-10-2-4-11(5-3-10)14(13(16)17)8-6-12(15)7-9-14/h2-5,12H,6-9,15H2,1H3,(H,16,17). The lowest BCUT2D eigenvalue weighted by molar-refractivity contribution is -0.145. The molecule has 1 aromatic carbocycles. The Kier molecular flexibility index (Phi) is 3.20. The predicted molar refractivity (Wildman–Crippen MR) is 66.9 cm³/mol. The maximum Gasteiger partial charge on any atom is 0.314 e. The molecule has 1 saturated carbocycles. The van der Waals surface area contributed by atoms with Crippen LogP contribution in [0, 0.1) is 6.92 Å². The van der Waals surface area contributed by atoms with Crippen LogP contribution in [0.15, 0.2) is 24.3 Å². The normalized spacial score (nSPS) is 28.9. The topological polar surface area (TPSA) is 63.3 Å². The number of carbonyl (C=O) groups is 1. The van der Waals surface area contributed by atoms with Gasteiger partial charge in [0.1, 0.15) is 0 Å². The Balaban J connectivity index is 2.35. The fraction of sp³-hybridized carbons (Fsp3) is 0.500. The fourth-order valence-electron chi connectivity index (χ4n) is 2.63. The van der Waals surface area contributed by atoms with Crippen LogP contribution in [0.5, 0.6) is 0 Å². The molecule has 0 aromatic heterocycles. The third kappa shape index (κ3) is 2.20. The summed E-state index contributed by atoms with van der Waals surface area (Å²) in [5.41, 5.74) is 7.22. The molecule has 3 nitrogen and oxygen atoms in total. The van der Waals surface area contributed by atoms with Gasteiger partial charge in [-0.2, -0.15) is 0 Å². The van der Waals surface area contributed by atoms with E-state index in [4.69, 9.17) is 5.73 Å². The zero-order chi connectivity index (χ0) is 12.5. The second kappa shape index (κ2) is 4.49. The molecule has 1 aliphatic carbocycles. The number of carboxylic acids is 1. The van der Waals surface area contributed by atoms with E-state index in [1.54, 1.807) is 0 Å². The van der Waals surface area contributed by atoms with E-state index in [0.29, 0.717) is 12.8 Å². The Morgan fingerprint density at radius 1 is 1.29 bits per heavy atom. The van der Waals surface area contributed by atoms with Gasteiger partial charge in [-0.3, -0.25) is 4.79 Å². The highest BCUT2D eigenvalue weighted by molar-refractivity contribution is 5.81. The van der Waals surface area contributed by atoms with Crippen molar-refractivity contribution in [3.05, 3.63) is 35.4 Å². The van der Waals surface area contributed by atoms with Gasteiger partial charge in [0.05, 0.1) is 5.41 Å². The van der Waals surface area contributed by atoms with E-state index in [-0.39, 0.29) is 6.04 Å². The lowest BCUT2D eigenvalue weighted by Crippen LogP contribution is -2.42. The molecule has 0 aliphatic heterocycles. The van der Waals surface area contributed by atoms with Crippen LogP contribution in [-0.2, 0) is 10.2 Å². The second-order valence-corrected chi connectivity index (χ2v) is 5.09. The van der Waals surface area contributed by atoms with Crippen molar-refractivity contribution in [1.29, 1.82) is 0 Å². The van der Waals surface area contributed by atoms with Gasteiger partial charge in [0.15, 0.2) is 0 Å². The van der Waals surface area contributed by atoms with Crippen LogP contribution in [0.4, 0.5) is 0 Å². The molecule has 0 radical (unpaired) electrons. The van der Waals surface area contributed by atoms with Crippen molar-refractivity contribution in [3.8, 4) is 0 Å². The summed E-state index contributed by atoms with van der Waals surface area (Å²) in [4.78, 5) is 11.6. The van der Waals surface area contributed by atoms with Crippen LogP contribution in [-0.4, -0.2) is 17.1 Å². The van der Waals surface area contributed by atoms with Crippen molar-refractivity contribution in [2.45, 2.75) is 44.1 Å².